The highest BCUT2D eigenvalue weighted by Crippen LogP contribution is 2.30. The Morgan fingerprint density at radius 1 is 0.897 bits per heavy atom. The van der Waals surface area contributed by atoms with Crippen LogP contribution in [0.4, 0.5) is 0 Å². The minimum absolute atomic E-state index is 0.0254. The Hall–Kier alpha value is -0.890. The topological polar surface area (TPSA) is 175 Å². The van der Waals surface area contributed by atoms with Crippen molar-refractivity contribution in [2.45, 2.75) is 88.4 Å². The van der Waals surface area contributed by atoms with Crippen LogP contribution in [0, 0.1) is 5.92 Å². The van der Waals surface area contributed by atoms with E-state index in [9.17, 15) is 35.4 Å². The van der Waals surface area contributed by atoms with Gasteiger partial charge >= 0.3 is 5.97 Å². The van der Waals surface area contributed by atoms with E-state index in [1.54, 1.807) is 13.8 Å². The van der Waals surface area contributed by atoms with Gasteiger partial charge in [0.25, 0.3) is 0 Å². The number of rotatable bonds is 7. The first-order valence-corrected chi connectivity index (χ1v) is 9.70. The number of esters is 1. The van der Waals surface area contributed by atoms with Crippen LogP contribution in [0.1, 0.15) is 27.2 Å². The van der Waals surface area contributed by atoms with Crippen LogP contribution in [0.25, 0.3) is 0 Å². The number of carbonyl (C=O) groups excluding carboxylic acids is 1. The van der Waals surface area contributed by atoms with Gasteiger partial charge in [0.05, 0.1) is 19.3 Å². The van der Waals surface area contributed by atoms with E-state index in [0.29, 0.717) is 0 Å². The summed E-state index contributed by atoms with van der Waals surface area (Å²) < 4.78 is 21.8. The standard InChI is InChI=1S/C18H32O11/c1-7(2)4-11(21)28-17-15(25)13(23)9(5-19)27-18(17)29-16-10(6-20)26-8(3)12(22)14(16)24/h7-10,12-20,22-25H,4-6H2,1-3H3/t8-,9-,10-,12-,13-,14-,15+,16-,17+,18-/m1/s1. The second-order valence-electron chi connectivity index (χ2n) is 7.90. The number of aliphatic hydroxyl groups is 6. The number of hydrogen-bond acceptors (Lipinski definition) is 11. The summed E-state index contributed by atoms with van der Waals surface area (Å²) in [5.41, 5.74) is 0. The van der Waals surface area contributed by atoms with Crippen LogP contribution in [0.15, 0.2) is 0 Å². The lowest BCUT2D eigenvalue weighted by Crippen LogP contribution is -2.64. The molecule has 2 aliphatic rings. The monoisotopic (exact) mass is 424 g/mol. The van der Waals surface area contributed by atoms with E-state index in [-0.39, 0.29) is 12.3 Å². The van der Waals surface area contributed by atoms with E-state index in [2.05, 4.69) is 0 Å². The number of hydrogen-bond donors (Lipinski definition) is 6. The van der Waals surface area contributed by atoms with Gasteiger partial charge in [0.1, 0.15) is 42.7 Å². The first-order valence-electron chi connectivity index (χ1n) is 9.70. The van der Waals surface area contributed by atoms with Gasteiger partial charge in [-0.3, -0.25) is 4.79 Å². The van der Waals surface area contributed by atoms with Gasteiger partial charge in [0.2, 0.25) is 0 Å². The van der Waals surface area contributed by atoms with Crippen molar-refractivity contribution in [3.63, 3.8) is 0 Å². The molecule has 0 aromatic carbocycles. The third kappa shape index (κ3) is 5.63. The third-order valence-corrected chi connectivity index (χ3v) is 5.06. The molecule has 170 valence electrons. The van der Waals surface area contributed by atoms with Gasteiger partial charge in [-0.15, -0.1) is 0 Å². The fourth-order valence-electron chi connectivity index (χ4n) is 3.42. The molecule has 0 unspecified atom stereocenters. The van der Waals surface area contributed by atoms with Gasteiger partial charge in [-0.2, -0.15) is 0 Å². The van der Waals surface area contributed by atoms with Crippen LogP contribution < -0.4 is 0 Å². The van der Waals surface area contributed by atoms with Crippen molar-refractivity contribution in [2.75, 3.05) is 13.2 Å². The molecule has 0 radical (unpaired) electrons. The number of aliphatic hydroxyl groups excluding tert-OH is 6. The lowest BCUT2D eigenvalue weighted by molar-refractivity contribution is -0.342. The van der Waals surface area contributed by atoms with Gasteiger partial charge in [0.15, 0.2) is 12.4 Å². The summed E-state index contributed by atoms with van der Waals surface area (Å²) in [6, 6.07) is 0. The van der Waals surface area contributed by atoms with Crippen LogP contribution >= 0.6 is 0 Å². The average Bonchev–Trinajstić information content (AvgIpc) is 2.66. The average molecular weight is 424 g/mol. The molecule has 0 aromatic heterocycles. The Balaban J connectivity index is 2.22. The fraction of sp³-hybridized carbons (Fsp3) is 0.944. The molecule has 2 saturated heterocycles. The molecule has 0 saturated carbocycles. The van der Waals surface area contributed by atoms with Gasteiger partial charge in [0, 0.05) is 6.42 Å². The van der Waals surface area contributed by atoms with Crippen LogP contribution in [-0.2, 0) is 23.7 Å². The van der Waals surface area contributed by atoms with Crippen LogP contribution in [0.2, 0.25) is 0 Å². The third-order valence-electron chi connectivity index (χ3n) is 5.06. The van der Waals surface area contributed by atoms with E-state index >= 15 is 0 Å². The second-order valence-corrected chi connectivity index (χ2v) is 7.90. The summed E-state index contributed by atoms with van der Waals surface area (Å²) in [6.45, 7) is 3.91. The minimum atomic E-state index is -1.64. The van der Waals surface area contributed by atoms with Crippen molar-refractivity contribution in [3.05, 3.63) is 0 Å². The molecule has 0 amide bonds. The number of carbonyl (C=O) groups is 1. The zero-order chi connectivity index (χ0) is 21.9. The molecule has 0 aromatic rings. The first kappa shape index (κ1) is 24.4. The van der Waals surface area contributed by atoms with Gasteiger partial charge in [-0.25, -0.2) is 0 Å². The molecule has 2 rings (SSSR count). The van der Waals surface area contributed by atoms with E-state index in [1.165, 1.54) is 6.92 Å². The lowest BCUT2D eigenvalue weighted by Gasteiger charge is -2.46. The second kappa shape index (κ2) is 10.4. The summed E-state index contributed by atoms with van der Waals surface area (Å²) in [5, 5.41) is 59.9. The molecule has 0 bridgehead atoms. The molecule has 29 heavy (non-hydrogen) atoms. The summed E-state index contributed by atoms with van der Waals surface area (Å²) in [5.74, 6) is -0.689. The predicted molar refractivity (Wildman–Crippen MR) is 95.4 cm³/mol. The molecule has 11 heteroatoms. The molecular formula is C18H32O11. The fourth-order valence-corrected chi connectivity index (χ4v) is 3.42. The van der Waals surface area contributed by atoms with Crippen molar-refractivity contribution in [3.8, 4) is 0 Å². The van der Waals surface area contributed by atoms with E-state index in [0.717, 1.165) is 0 Å². The van der Waals surface area contributed by atoms with Crippen molar-refractivity contribution >= 4 is 5.97 Å². The zero-order valence-corrected chi connectivity index (χ0v) is 16.7. The quantitative estimate of drug-likeness (QED) is 0.234. The molecule has 0 aliphatic carbocycles. The highest BCUT2D eigenvalue weighted by atomic mass is 16.7. The summed E-state index contributed by atoms with van der Waals surface area (Å²) in [7, 11) is 0. The Morgan fingerprint density at radius 2 is 1.48 bits per heavy atom. The van der Waals surface area contributed by atoms with Crippen LogP contribution in [-0.4, -0.2) is 111 Å². The Kier molecular flexibility index (Phi) is 8.76. The van der Waals surface area contributed by atoms with Gasteiger partial charge in [-0.1, -0.05) is 13.8 Å². The highest BCUT2D eigenvalue weighted by Gasteiger charge is 2.51. The van der Waals surface area contributed by atoms with E-state index in [4.69, 9.17) is 18.9 Å². The molecule has 2 aliphatic heterocycles. The zero-order valence-electron chi connectivity index (χ0n) is 16.7. The highest BCUT2D eigenvalue weighted by molar-refractivity contribution is 5.69. The molecule has 2 heterocycles. The summed E-state index contributed by atoms with van der Waals surface area (Å²) >= 11 is 0. The molecule has 0 spiro atoms. The van der Waals surface area contributed by atoms with Crippen LogP contribution in [0.5, 0.6) is 0 Å². The molecule has 11 nitrogen and oxygen atoms in total. The van der Waals surface area contributed by atoms with Crippen molar-refractivity contribution in [1.29, 1.82) is 0 Å². The molecule has 6 N–H and O–H groups in total. The summed E-state index contributed by atoms with van der Waals surface area (Å²) in [4.78, 5) is 12.1. The van der Waals surface area contributed by atoms with Crippen molar-refractivity contribution < 1.29 is 54.4 Å². The van der Waals surface area contributed by atoms with Crippen molar-refractivity contribution in [1.82, 2.24) is 0 Å². The molecular weight excluding hydrogens is 392 g/mol. The predicted octanol–water partition coefficient (Wildman–Crippen LogP) is -2.73. The lowest BCUT2D eigenvalue weighted by atomic mass is 9.95. The largest absolute Gasteiger partial charge is 0.454 e. The Labute approximate surface area is 168 Å². The minimum Gasteiger partial charge on any atom is -0.454 e. The van der Waals surface area contributed by atoms with Crippen molar-refractivity contribution in [2.24, 2.45) is 5.92 Å². The van der Waals surface area contributed by atoms with E-state index in [1.807, 2.05) is 0 Å². The SMILES string of the molecule is CC(C)CC(=O)O[C@@H]1[C@@H](O[C@H]2[C@H](O)[C@H](O)[C@@H](C)O[C@@H]2CO)O[C@H](CO)[C@@H](O)[C@@H]1O. The summed E-state index contributed by atoms with van der Waals surface area (Å²) in [6.07, 6.45) is -13.2. The first-order chi connectivity index (χ1) is 13.6. The Bertz CT molecular complexity index is 528. The maximum atomic E-state index is 12.1. The Morgan fingerprint density at radius 3 is 2.03 bits per heavy atom. The number of ether oxygens (including phenoxy) is 4. The smallest absolute Gasteiger partial charge is 0.306 e. The maximum absolute atomic E-state index is 12.1. The van der Waals surface area contributed by atoms with Crippen LogP contribution in [0.3, 0.4) is 0 Å². The van der Waals surface area contributed by atoms with E-state index < -0.39 is 80.4 Å². The molecule has 10 atom stereocenters. The van der Waals surface area contributed by atoms with Gasteiger partial charge < -0.3 is 49.6 Å². The molecule has 2 fully saturated rings. The normalized spacial score (nSPS) is 43.4. The van der Waals surface area contributed by atoms with Gasteiger partial charge in [-0.05, 0) is 12.8 Å². The maximum Gasteiger partial charge on any atom is 0.306 e.